The van der Waals surface area contributed by atoms with Crippen LogP contribution in [-0.4, -0.2) is 24.4 Å². The molecule has 0 amide bonds. The van der Waals surface area contributed by atoms with Crippen molar-refractivity contribution in [3.8, 4) is 5.75 Å². The minimum Gasteiger partial charge on any atom is -0.491 e. The molecule has 0 aliphatic carbocycles. The highest BCUT2D eigenvalue weighted by atomic mass is 79.9. The van der Waals surface area contributed by atoms with Gasteiger partial charge < -0.3 is 15.2 Å². The van der Waals surface area contributed by atoms with E-state index in [1.54, 1.807) is 11.3 Å². The minimum absolute atomic E-state index is 0.275. The van der Waals surface area contributed by atoms with E-state index in [-0.39, 0.29) is 6.61 Å². The van der Waals surface area contributed by atoms with Gasteiger partial charge in [0.2, 0.25) is 0 Å². The Labute approximate surface area is 139 Å². The van der Waals surface area contributed by atoms with Crippen LogP contribution in [0.15, 0.2) is 44.7 Å². The highest BCUT2D eigenvalue weighted by Crippen LogP contribution is 2.21. The molecule has 2 rings (SSSR count). The molecule has 0 saturated carbocycles. The molecule has 0 fully saturated rings. The summed E-state index contributed by atoms with van der Waals surface area (Å²) in [6.07, 6.45) is -0.530. The molecule has 2 aromatic rings. The van der Waals surface area contributed by atoms with Crippen LogP contribution in [0.1, 0.15) is 4.88 Å². The second-order valence-electron chi connectivity index (χ2n) is 4.26. The normalized spacial score (nSPS) is 12.3. The standard InChI is InChI=1S/C14H15Br2NO2S/c15-10-2-1-3-12(6-10)19-9-11(18)7-17-8-13-4-5-14(16)20-13/h1-6,11,17-18H,7-9H2. The topological polar surface area (TPSA) is 41.5 Å². The van der Waals surface area contributed by atoms with Gasteiger partial charge in [-0.1, -0.05) is 22.0 Å². The van der Waals surface area contributed by atoms with E-state index in [2.05, 4.69) is 43.2 Å². The molecule has 0 saturated heterocycles. The Morgan fingerprint density at radius 3 is 2.80 bits per heavy atom. The van der Waals surface area contributed by atoms with E-state index < -0.39 is 6.10 Å². The summed E-state index contributed by atoms with van der Waals surface area (Å²) in [5.41, 5.74) is 0. The minimum atomic E-state index is -0.530. The van der Waals surface area contributed by atoms with Crippen LogP contribution in [-0.2, 0) is 6.54 Å². The van der Waals surface area contributed by atoms with E-state index in [0.29, 0.717) is 6.54 Å². The third-order valence-corrected chi connectivity index (χ3v) is 4.66. The first kappa shape index (κ1) is 16.0. The summed E-state index contributed by atoms with van der Waals surface area (Å²) < 4.78 is 7.61. The number of nitrogens with one attached hydrogen (secondary N) is 1. The Morgan fingerprint density at radius 1 is 1.25 bits per heavy atom. The predicted molar refractivity (Wildman–Crippen MR) is 89.4 cm³/mol. The lowest BCUT2D eigenvalue weighted by atomic mass is 10.3. The number of thiophene rings is 1. The SMILES string of the molecule is OC(CNCc1ccc(Br)s1)COc1cccc(Br)c1. The third-order valence-electron chi connectivity index (χ3n) is 2.55. The average molecular weight is 421 g/mol. The van der Waals surface area contributed by atoms with Crippen LogP contribution in [0, 0.1) is 0 Å². The van der Waals surface area contributed by atoms with E-state index in [0.717, 1.165) is 20.6 Å². The molecule has 0 aliphatic heterocycles. The predicted octanol–water partition coefficient (Wildman–Crippen LogP) is 3.80. The molecular formula is C14H15Br2NO2S. The van der Waals surface area contributed by atoms with Crippen molar-refractivity contribution in [3.05, 3.63) is 49.5 Å². The molecule has 1 aromatic carbocycles. The van der Waals surface area contributed by atoms with Crippen LogP contribution in [0.5, 0.6) is 5.75 Å². The summed E-state index contributed by atoms with van der Waals surface area (Å²) in [7, 11) is 0. The monoisotopic (exact) mass is 419 g/mol. The summed E-state index contributed by atoms with van der Waals surface area (Å²) in [6.45, 7) is 1.53. The van der Waals surface area contributed by atoms with Crippen molar-refractivity contribution in [2.75, 3.05) is 13.2 Å². The summed E-state index contributed by atoms with van der Waals surface area (Å²) in [5.74, 6) is 0.751. The van der Waals surface area contributed by atoms with E-state index in [9.17, 15) is 5.11 Å². The maximum absolute atomic E-state index is 9.86. The van der Waals surface area contributed by atoms with Crippen LogP contribution < -0.4 is 10.1 Å². The molecule has 1 unspecified atom stereocenters. The molecular weight excluding hydrogens is 406 g/mol. The van der Waals surface area contributed by atoms with Gasteiger partial charge in [0.15, 0.2) is 0 Å². The van der Waals surface area contributed by atoms with E-state index in [1.807, 2.05) is 30.3 Å². The fourth-order valence-corrected chi connectivity index (χ4v) is 3.45. The van der Waals surface area contributed by atoms with Crippen LogP contribution in [0.4, 0.5) is 0 Å². The molecule has 0 aliphatic rings. The number of aliphatic hydroxyl groups excluding tert-OH is 1. The van der Waals surface area contributed by atoms with Gasteiger partial charge in [0.1, 0.15) is 18.5 Å². The Balaban J connectivity index is 1.66. The number of aliphatic hydroxyl groups is 1. The van der Waals surface area contributed by atoms with Crippen LogP contribution in [0.25, 0.3) is 0 Å². The molecule has 0 radical (unpaired) electrons. The van der Waals surface area contributed by atoms with Crippen LogP contribution in [0.2, 0.25) is 0 Å². The lowest BCUT2D eigenvalue weighted by Crippen LogP contribution is -2.30. The van der Waals surface area contributed by atoms with Crippen molar-refractivity contribution in [1.29, 1.82) is 0 Å². The van der Waals surface area contributed by atoms with Crippen molar-refractivity contribution in [2.24, 2.45) is 0 Å². The first-order valence-electron chi connectivity index (χ1n) is 6.15. The Bertz CT molecular complexity index is 547. The lowest BCUT2D eigenvalue weighted by molar-refractivity contribution is 0.106. The fourth-order valence-electron chi connectivity index (χ4n) is 1.62. The van der Waals surface area contributed by atoms with E-state index >= 15 is 0 Å². The van der Waals surface area contributed by atoms with Gasteiger partial charge >= 0.3 is 0 Å². The molecule has 1 heterocycles. The Kier molecular flexibility index (Phi) is 6.51. The van der Waals surface area contributed by atoms with Crippen LogP contribution in [0.3, 0.4) is 0 Å². The van der Waals surface area contributed by atoms with E-state index in [4.69, 9.17) is 4.74 Å². The van der Waals surface area contributed by atoms with E-state index in [1.165, 1.54) is 4.88 Å². The molecule has 108 valence electrons. The van der Waals surface area contributed by atoms with Gasteiger partial charge in [-0.05, 0) is 46.3 Å². The number of hydrogen-bond donors (Lipinski definition) is 2. The van der Waals surface area contributed by atoms with Gasteiger partial charge in [0.25, 0.3) is 0 Å². The molecule has 20 heavy (non-hydrogen) atoms. The van der Waals surface area contributed by atoms with Crippen LogP contribution >= 0.6 is 43.2 Å². The Hall–Kier alpha value is -0.400. The highest BCUT2D eigenvalue weighted by Gasteiger charge is 2.06. The van der Waals surface area contributed by atoms with Gasteiger partial charge in [-0.25, -0.2) is 0 Å². The first-order chi connectivity index (χ1) is 9.63. The zero-order valence-electron chi connectivity index (χ0n) is 10.7. The van der Waals surface area contributed by atoms with Crippen molar-refractivity contribution >= 4 is 43.2 Å². The second kappa shape index (κ2) is 8.14. The number of halogens is 2. The fraction of sp³-hybridized carbons (Fsp3) is 0.286. The van der Waals surface area contributed by atoms with Gasteiger partial charge in [-0.2, -0.15) is 0 Å². The first-order valence-corrected chi connectivity index (χ1v) is 8.55. The molecule has 6 heteroatoms. The molecule has 1 aromatic heterocycles. The number of hydrogen-bond acceptors (Lipinski definition) is 4. The quantitative estimate of drug-likeness (QED) is 0.715. The van der Waals surface area contributed by atoms with Crippen molar-refractivity contribution in [3.63, 3.8) is 0 Å². The number of rotatable bonds is 7. The largest absolute Gasteiger partial charge is 0.491 e. The summed E-state index contributed by atoms with van der Waals surface area (Å²) in [5, 5.41) is 13.1. The van der Waals surface area contributed by atoms with Crippen molar-refractivity contribution in [2.45, 2.75) is 12.6 Å². The molecule has 1 atom stereocenters. The van der Waals surface area contributed by atoms with Gasteiger partial charge in [0.05, 0.1) is 3.79 Å². The molecule has 2 N–H and O–H groups in total. The maximum Gasteiger partial charge on any atom is 0.120 e. The summed E-state index contributed by atoms with van der Waals surface area (Å²) in [6, 6.07) is 11.7. The lowest BCUT2D eigenvalue weighted by Gasteiger charge is -2.13. The Morgan fingerprint density at radius 2 is 2.10 bits per heavy atom. The molecule has 0 bridgehead atoms. The zero-order chi connectivity index (χ0) is 14.4. The average Bonchev–Trinajstić information content (AvgIpc) is 2.82. The second-order valence-corrected chi connectivity index (χ2v) is 7.72. The number of benzene rings is 1. The third kappa shape index (κ3) is 5.54. The van der Waals surface area contributed by atoms with Gasteiger partial charge in [0, 0.05) is 22.4 Å². The summed E-state index contributed by atoms with van der Waals surface area (Å²) >= 11 is 8.50. The zero-order valence-corrected chi connectivity index (χ0v) is 14.7. The summed E-state index contributed by atoms with van der Waals surface area (Å²) in [4.78, 5) is 1.23. The van der Waals surface area contributed by atoms with Gasteiger partial charge in [-0.3, -0.25) is 0 Å². The molecule has 3 nitrogen and oxygen atoms in total. The smallest absolute Gasteiger partial charge is 0.120 e. The molecule has 0 spiro atoms. The highest BCUT2D eigenvalue weighted by molar-refractivity contribution is 9.11. The van der Waals surface area contributed by atoms with Crippen molar-refractivity contribution in [1.82, 2.24) is 5.32 Å². The maximum atomic E-state index is 9.86. The van der Waals surface area contributed by atoms with Gasteiger partial charge in [-0.15, -0.1) is 11.3 Å². The van der Waals surface area contributed by atoms with Crippen molar-refractivity contribution < 1.29 is 9.84 Å². The number of ether oxygens (including phenoxy) is 1.